The van der Waals surface area contributed by atoms with E-state index < -0.39 is 63.3 Å². The molecular formula is C31H33F6N7O3. The maximum Gasteiger partial charge on any atom is 0.417 e. The number of rotatable bonds is 4. The van der Waals surface area contributed by atoms with Crippen molar-refractivity contribution in [2.45, 2.75) is 82.0 Å². The van der Waals surface area contributed by atoms with Gasteiger partial charge in [0.2, 0.25) is 5.88 Å². The minimum Gasteiger partial charge on any atom is -0.472 e. The van der Waals surface area contributed by atoms with Gasteiger partial charge in [-0.3, -0.25) is 4.90 Å². The van der Waals surface area contributed by atoms with Crippen LogP contribution in [0.5, 0.6) is 11.9 Å². The van der Waals surface area contributed by atoms with Crippen LogP contribution in [0, 0.1) is 24.4 Å². The summed E-state index contributed by atoms with van der Waals surface area (Å²) in [5.74, 6) is -4.74. The van der Waals surface area contributed by atoms with Crippen molar-refractivity contribution in [2.24, 2.45) is 0 Å². The Morgan fingerprint density at radius 2 is 1.85 bits per heavy atom. The van der Waals surface area contributed by atoms with Gasteiger partial charge in [0.05, 0.1) is 30.4 Å². The molecule has 0 aliphatic carbocycles. The van der Waals surface area contributed by atoms with Crippen LogP contribution < -0.4 is 25.4 Å². The largest absolute Gasteiger partial charge is 0.472 e. The van der Waals surface area contributed by atoms with Crippen molar-refractivity contribution in [3.05, 3.63) is 28.6 Å². The van der Waals surface area contributed by atoms with Crippen LogP contribution in [0.3, 0.4) is 0 Å². The Labute approximate surface area is 265 Å². The number of anilines is 2. The monoisotopic (exact) mass is 665 g/mol. The molecule has 47 heavy (non-hydrogen) atoms. The van der Waals surface area contributed by atoms with Crippen molar-refractivity contribution in [3.63, 3.8) is 0 Å². The maximum atomic E-state index is 16.8. The number of hydrogen-bond acceptors (Lipinski definition) is 10. The highest BCUT2D eigenvalue weighted by atomic mass is 19.4. The van der Waals surface area contributed by atoms with Crippen molar-refractivity contribution in [3.8, 4) is 23.1 Å². The third kappa shape index (κ3) is 4.77. The Morgan fingerprint density at radius 1 is 1.04 bits per heavy atom. The summed E-state index contributed by atoms with van der Waals surface area (Å²) in [6.07, 6.45) is -2.35. The summed E-state index contributed by atoms with van der Waals surface area (Å²) in [6.45, 7) is 5.25. The highest BCUT2D eigenvalue weighted by Crippen LogP contribution is 2.48. The quantitative estimate of drug-likeness (QED) is 0.309. The molecule has 5 aliphatic rings. The van der Waals surface area contributed by atoms with Gasteiger partial charge in [-0.05, 0) is 45.1 Å². The molecule has 0 amide bonds. The number of alkyl halides is 3. The number of nitrogens with one attached hydrogen (secondary N) is 1. The first-order chi connectivity index (χ1) is 22.4. The van der Waals surface area contributed by atoms with Gasteiger partial charge < -0.3 is 30.2 Å². The summed E-state index contributed by atoms with van der Waals surface area (Å²) in [4.78, 5) is 17.6. The zero-order valence-corrected chi connectivity index (χ0v) is 25.6. The van der Waals surface area contributed by atoms with E-state index >= 15 is 8.78 Å². The van der Waals surface area contributed by atoms with Gasteiger partial charge >= 0.3 is 12.2 Å². The van der Waals surface area contributed by atoms with Gasteiger partial charge in [0, 0.05) is 37.3 Å². The third-order valence-electron chi connectivity index (χ3n) is 10.4. The lowest BCUT2D eigenvalue weighted by molar-refractivity contribution is -0.137. The Morgan fingerprint density at radius 3 is 2.64 bits per heavy atom. The molecule has 2 bridgehead atoms. The van der Waals surface area contributed by atoms with E-state index in [2.05, 4.69) is 20.2 Å². The van der Waals surface area contributed by atoms with Crippen LogP contribution in [0.4, 0.5) is 37.8 Å². The van der Waals surface area contributed by atoms with Gasteiger partial charge in [-0.25, -0.2) is 18.2 Å². The number of nitrogens with two attached hydrogens (primary N) is 1. The predicted octanol–water partition coefficient (Wildman–Crippen LogP) is 4.35. The molecule has 0 unspecified atom stereocenters. The minimum absolute atomic E-state index is 0.0117. The first kappa shape index (κ1) is 30.7. The lowest BCUT2D eigenvalue weighted by Crippen LogP contribution is -2.62. The number of benzene rings is 1. The van der Waals surface area contributed by atoms with Crippen LogP contribution >= 0.6 is 0 Å². The number of nitrogen functional groups attached to an aromatic ring is 1. The zero-order chi connectivity index (χ0) is 32.9. The summed E-state index contributed by atoms with van der Waals surface area (Å²) in [6, 6.07) is -0.0555. The second-order valence-corrected chi connectivity index (χ2v) is 13.1. The van der Waals surface area contributed by atoms with E-state index in [1.807, 2.05) is 4.90 Å². The number of aromatic nitrogens is 3. The number of halogens is 6. The summed E-state index contributed by atoms with van der Waals surface area (Å²) < 4.78 is 108. The minimum atomic E-state index is -5.28. The molecule has 2 aromatic heterocycles. The summed E-state index contributed by atoms with van der Waals surface area (Å²) in [5, 5.41) is 3.61. The lowest BCUT2D eigenvalue weighted by Gasteiger charge is -2.42. The molecule has 4 saturated heterocycles. The summed E-state index contributed by atoms with van der Waals surface area (Å²) in [7, 11) is 0. The van der Waals surface area contributed by atoms with Gasteiger partial charge in [-0.15, -0.1) is 0 Å². The Bertz CT molecular complexity index is 1780. The predicted molar refractivity (Wildman–Crippen MR) is 158 cm³/mol. The van der Waals surface area contributed by atoms with E-state index in [1.54, 1.807) is 6.92 Å². The standard InChI is InChI=1S/C31H33F6N7O3/c1-12-20(31(35,36)37)18(22(33)24(38)21(12)32)25-23(34)26-19-28(42-30(41-26)46-11-16-5-4-15-10-45-8-7-43(15)16)44-9-14-3-6-17(39-14)27(44)13(2)47-29(19)40-25/h13-17,27,39H,3-11,38H2,1-2H3/t13-,14+,15-,16-,17-,27+/m0/s1. The van der Waals surface area contributed by atoms with Crippen molar-refractivity contribution in [1.29, 1.82) is 0 Å². The van der Waals surface area contributed by atoms with E-state index in [0.29, 0.717) is 19.8 Å². The molecule has 5 aliphatic heterocycles. The van der Waals surface area contributed by atoms with Crippen molar-refractivity contribution in [1.82, 2.24) is 25.2 Å². The smallest absolute Gasteiger partial charge is 0.417 e. The third-order valence-corrected chi connectivity index (χ3v) is 10.4. The molecule has 252 valence electrons. The van der Waals surface area contributed by atoms with Gasteiger partial charge in [0.1, 0.15) is 40.8 Å². The van der Waals surface area contributed by atoms with E-state index in [0.717, 1.165) is 39.2 Å². The summed E-state index contributed by atoms with van der Waals surface area (Å²) in [5.41, 5.74) is -1.17. The molecule has 3 N–H and O–H groups in total. The molecule has 4 fully saturated rings. The molecule has 6 atom stereocenters. The molecule has 0 spiro atoms. The van der Waals surface area contributed by atoms with Crippen LogP contribution in [0.1, 0.15) is 43.7 Å². The Hall–Kier alpha value is -3.63. The summed E-state index contributed by atoms with van der Waals surface area (Å²) >= 11 is 0. The van der Waals surface area contributed by atoms with Gasteiger partial charge in [-0.1, -0.05) is 0 Å². The molecule has 0 radical (unpaired) electrons. The number of nitrogens with zero attached hydrogens (tertiary/aromatic N) is 5. The fourth-order valence-corrected chi connectivity index (χ4v) is 8.24. The van der Waals surface area contributed by atoms with Crippen LogP contribution in [-0.2, 0) is 10.9 Å². The van der Waals surface area contributed by atoms with Crippen LogP contribution in [0.25, 0.3) is 22.2 Å². The molecule has 16 heteroatoms. The number of fused-ring (bicyclic) bond motifs is 6. The first-order valence-corrected chi connectivity index (χ1v) is 15.8. The highest BCUT2D eigenvalue weighted by molar-refractivity contribution is 5.97. The first-order valence-electron chi connectivity index (χ1n) is 15.8. The number of pyridine rings is 1. The fourth-order valence-electron chi connectivity index (χ4n) is 8.24. The topological polar surface area (TPSA) is 111 Å². The molecule has 0 saturated carbocycles. The highest BCUT2D eigenvalue weighted by Gasteiger charge is 2.48. The van der Waals surface area contributed by atoms with Crippen molar-refractivity contribution < 1.29 is 40.6 Å². The van der Waals surface area contributed by atoms with Gasteiger partial charge in [0.25, 0.3) is 0 Å². The SMILES string of the molecule is Cc1c(F)c(N)c(F)c(-c2nc3c4c(nc(OC[C@@H]5CC[C@H]6COCCN65)nc4c2F)N2C[C@H]4CC[C@H](N4)[C@H]2[C@H](C)O3)c1C(F)(F)F. The zero-order valence-electron chi connectivity index (χ0n) is 25.6. The molecule has 8 rings (SSSR count). The van der Waals surface area contributed by atoms with Gasteiger partial charge in [-0.2, -0.15) is 23.1 Å². The number of ether oxygens (including phenoxy) is 3. The Balaban J connectivity index is 1.32. The van der Waals surface area contributed by atoms with Crippen molar-refractivity contribution in [2.75, 3.05) is 43.5 Å². The number of hydrogen-bond donors (Lipinski definition) is 2. The number of piperazine rings is 1. The van der Waals surface area contributed by atoms with Crippen LogP contribution in [0.2, 0.25) is 0 Å². The van der Waals surface area contributed by atoms with Crippen molar-refractivity contribution >= 4 is 22.4 Å². The lowest BCUT2D eigenvalue weighted by atomic mass is 9.95. The average Bonchev–Trinajstić information content (AvgIpc) is 3.60. The fraction of sp³-hybridized carbons (Fsp3) is 0.581. The molecular weight excluding hydrogens is 632 g/mol. The molecule has 1 aromatic carbocycles. The van der Waals surface area contributed by atoms with E-state index in [4.69, 9.17) is 24.9 Å². The number of morpholine rings is 1. The molecule has 10 nitrogen and oxygen atoms in total. The van der Waals surface area contributed by atoms with Crippen LogP contribution in [0.15, 0.2) is 0 Å². The van der Waals surface area contributed by atoms with E-state index in [1.165, 1.54) is 0 Å². The van der Waals surface area contributed by atoms with Gasteiger partial charge in [0.15, 0.2) is 17.5 Å². The molecule has 3 aromatic rings. The second kappa shape index (κ2) is 11.0. The second-order valence-electron chi connectivity index (χ2n) is 13.1. The van der Waals surface area contributed by atoms with E-state index in [9.17, 15) is 17.6 Å². The Kier molecular flexibility index (Phi) is 7.15. The normalized spacial score (nSPS) is 28.6. The van der Waals surface area contributed by atoms with Crippen LogP contribution in [-0.4, -0.2) is 89.1 Å². The van der Waals surface area contributed by atoms with E-state index in [-0.39, 0.29) is 59.9 Å². The average molecular weight is 666 g/mol. The maximum absolute atomic E-state index is 16.8. The molecule has 7 heterocycles.